The molecule has 0 atom stereocenters. The fourth-order valence-electron chi connectivity index (χ4n) is 5.24. The third kappa shape index (κ3) is 4.64. The van der Waals surface area contributed by atoms with Crippen molar-refractivity contribution < 1.29 is 0 Å². The number of fused-ring (bicyclic) bond motifs is 4. The predicted molar refractivity (Wildman–Crippen MR) is 152 cm³/mol. The molecule has 34 heavy (non-hydrogen) atoms. The van der Waals surface area contributed by atoms with Gasteiger partial charge in [0, 0.05) is 0 Å². The molecule has 0 saturated carbocycles. The van der Waals surface area contributed by atoms with Crippen LogP contribution in [-0.2, 0) is 6.42 Å². The summed E-state index contributed by atoms with van der Waals surface area (Å²) in [6.07, 6.45) is 11.3. The zero-order valence-corrected chi connectivity index (χ0v) is 20.3. The van der Waals surface area contributed by atoms with Gasteiger partial charge in [0.05, 0.1) is 0 Å². The van der Waals surface area contributed by atoms with E-state index in [-0.39, 0.29) is 0 Å². The Morgan fingerprint density at radius 3 is 1.65 bits per heavy atom. The van der Waals surface area contributed by atoms with Gasteiger partial charge in [-0.2, -0.15) is 0 Å². The minimum atomic E-state index is 1.16. The average molecular weight is 443 g/mol. The van der Waals surface area contributed by atoms with Crippen molar-refractivity contribution in [2.24, 2.45) is 0 Å². The number of aryl methyl sites for hydroxylation is 1. The van der Waals surface area contributed by atoms with E-state index in [2.05, 4.69) is 98.4 Å². The molecule has 0 amide bonds. The van der Waals surface area contributed by atoms with Crippen LogP contribution in [0.25, 0.3) is 49.2 Å². The highest BCUT2D eigenvalue weighted by molar-refractivity contribution is 6.03. The van der Waals surface area contributed by atoms with Gasteiger partial charge in [0.2, 0.25) is 0 Å². The largest absolute Gasteiger partial charge is 0.0984 e. The minimum Gasteiger partial charge on any atom is -0.0984 e. The second kappa shape index (κ2) is 10.3. The molecule has 0 aromatic heterocycles. The molecule has 8 aromatic rings. The Morgan fingerprint density at radius 2 is 1.06 bits per heavy atom. The van der Waals surface area contributed by atoms with Crippen molar-refractivity contribution in [1.29, 1.82) is 0 Å². The van der Waals surface area contributed by atoms with Gasteiger partial charge in [-0.1, -0.05) is 112 Å². The van der Waals surface area contributed by atoms with Gasteiger partial charge in [-0.25, -0.2) is 0 Å². The maximum atomic E-state index is 4.09. The second-order valence-corrected chi connectivity index (χ2v) is 9.56. The molecule has 0 heteroatoms. The average Bonchev–Trinajstić information content (AvgIpc) is 2.90. The van der Waals surface area contributed by atoms with E-state index in [0.29, 0.717) is 0 Å². The lowest BCUT2D eigenvalue weighted by molar-refractivity contribution is 0.607. The van der Waals surface area contributed by atoms with Gasteiger partial charge in [-0.15, -0.1) is 0 Å². The van der Waals surface area contributed by atoms with Crippen molar-refractivity contribution in [1.82, 2.24) is 0 Å². The van der Waals surface area contributed by atoms with E-state index in [0.717, 1.165) is 6.42 Å². The van der Waals surface area contributed by atoms with Crippen molar-refractivity contribution in [2.75, 3.05) is 0 Å². The van der Waals surface area contributed by atoms with Gasteiger partial charge in [0.1, 0.15) is 0 Å². The molecule has 0 radical (unpaired) electrons. The first kappa shape index (κ1) is 22.4. The standard InChI is InChI=1S/C24H28.C10H6/c1-3-5-6-7-8-9-12-19-15-16-22-17-20-13-10-11-14-21(20)18-24(22)23(19)4-2;1-2-8-6-9-3-4-10(8)5-7(1)9/h4,10-11,13-18H,2-3,5-9,12H2,1H3;1-6H. The summed E-state index contributed by atoms with van der Waals surface area (Å²) in [7, 11) is 0. The van der Waals surface area contributed by atoms with Gasteiger partial charge in [-0.05, 0) is 91.3 Å². The van der Waals surface area contributed by atoms with Crippen LogP contribution >= 0.6 is 0 Å². The summed E-state index contributed by atoms with van der Waals surface area (Å²) < 4.78 is 0. The molecule has 0 N–H and O–H groups in total. The SMILES string of the molecule is C=Cc1c(CCCCCCCC)ccc2cc3ccccc3cc12.c1cc2cc3ccc2cc13. The fraction of sp³-hybridized carbons (Fsp3) is 0.235. The van der Waals surface area contributed by atoms with Crippen LogP contribution in [0, 0.1) is 0 Å². The summed E-state index contributed by atoms with van der Waals surface area (Å²) in [5.74, 6) is 0. The maximum Gasteiger partial charge on any atom is -0.0102 e. The second-order valence-electron chi connectivity index (χ2n) is 9.56. The van der Waals surface area contributed by atoms with Gasteiger partial charge in [0.15, 0.2) is 0 Å². The quantitative estimate of drug-likeness (QED) is 0.162. The predicted octanol–water partition coefficient (Wildman–Crippen LogP) is 10.4. The lowest BCUT2D eigenvalue weighted by Crippen LogP contribution is -1.92. The topological polar surface area (TPSA) is 0 Å². The van der Waals surface area contributed by atoms with Crippen LogP contribution < -0.4 is 0 Å². The summed E-state index contributed by atoms with van der Waals surface area (Å²) in [6.45, 7) is 6.36. The Labute approximate surface area is 203 Å². The number of hydrogen-bond donors (Lipinski definition) is 0. The first-order valence-corrected chi connectivity index (χ1v) is 12.9. The molecule has 0 aliphatic carbocycles. The molecule has 0 unspecified atom stereocenters. The van der Waals surface area contributed by atoms with Crippen LogP contribution in [0.4, 0.5) is 0 Å². The van der Waals surface area contributed by atoms with Crippen molar-refractivity contribution in [3.63, 3.8) is 0 Å². The number of rotatable bonds is 8. The molecule has 0 fully saturated rings. The summed E-state index contributed by atoms with van der Waals surface area (Å²) >= 11 is 0. The lowest BCUT2D eigenvalue weighted by atomic mass is 9.93. The Kier molecular flexibility index (Phi) is 6.77. The van der Waals surface area contributed by atoms with Crippen molar-refractivity contribution in [3.05, 3.63) is 103 Å². The number of unbranched alkanes of at least 4 members (excludes halogenated alkanes) is 5. The maximum absolute atomic E-state index is 4.09. The normalized spacial score (nSPS) is 11.4. The molecule has 0 saturated heterocycles. The minimum absolute atomic E-state index is 1.16. The summed E-state index contributed by atoms with van der Waals surface area (Å²) in [5.41, 5.74) is 2.77. The van der Waals surface area contributed by atoms with Crippen LogP contribution in [0.1, 0.15) is 56.6 Å². The van der Waals surface area contributed by atoms with Crippen LogP contribution in [-0.4, -0.2) is 0 Å². The molecule has 0 nitrogen and oxygen atoms in total. The van der Waals surface area contributed by atoms with E-state index < -0.39 is 0 Å². The Morgan fingerprint density at radius 1 is 0.559 bits per heavy atom. The Balaban J connectivity index is 0.000000196. The highest BCUT2D eigenvalue weighted by Gasteiger charge is 2.07. The molecule has 0 spiro atoms. The van der Waals surface area contributed by atoms with E-state index in [1.165, 1.54) is 92.7 Å². The molecular weight excluding hydrogens is 408 g/mol. The first-order valence-electron chi connectivity index (χ1n) is 12.9. The third-order valence-corrected chi connectivity index (χ3v) is 7.20. The fourth-order valence-corrected chi connectivity index (χ4v) is 5.24. The summed E-state index contributed by atoms with van der Waals surface area (Å²) in [6, 6.07) is 31.0. The molecule has 0 heterocycles. The first-order chi connectivity index (χ1) is 16.8. The van der Waals surface area contributed by atoms with Crippen LogP contribution in [0.3, 0.4) is 0 Å². The van der Waals surface area contributed by atoms with Crippen molar-refractivity contribution in [2.45, 2.75) is 51.9 Å². The van der Waals surface area contributed by atoms with E-state index in [1.54, 1.807) is 0 Å². The lowest BCUT2D eigenvalue weighted by Gasteiger charge is -2.11. The van der Waals surface area contributed by atoms with Crippen LogP contribution in [0.2, 0.25) is 0 Å². The Hall–Kier alpha value is -3.38. The molecular formula is C34H34. The van der Waals surface area contributed by atoms with E-state index >= 15 is 0 Å². The van der Waals surface area contributed by atoms with Crippen molar-refractivity contribution >= 4 is 49.2 Å². The van der Waals surface area contributed by atoms with Gasteiger partial charge in [0.25, 0.3) is 0 Å². The molecule has 4 bridgehead atoms. The Bertz CT molecular complexity index is 1420. The monoisotopic (exact) mass is 442 g/mol. The van der Waals surface area contributed by atoms with Gasteiger partial charge in [-0.3, -0.25) is 0 Å². The van der Waals surface area contributed by atoms with Crippen LogP contribution in [0.5, 0.6) is 0 Å². The number of hydrogen-bond acceptors (Lipinski definition) is 0. The molecule has 0 aliphatic rings. The molecule has 8 aromatic carbocycles. The zero-order chi connectivity index (χ0) is 23.3. The van der Waals surface area contributed by atoms with E-state index in [4.69, 9.17) is 0 Å². The highest BCUT2D eigenvalue weighted by Crippen LogP contribution is 2.30. The van der Waals surface area contributed by atoms with Crippen LogP contribution in [0.15, 0.2) is 91.5 Å². The summed E-state index contributed by atoms with van der Waals surface area (Å²) in [4.78, 5) is 0. The smallest absolute Gasteiger partial charge is 0.0102 e. The zero-order valence-electron chi connectivity index (χ0n) is 20.3. The molecule has 0 aliphatic heterocycles. The molecule has 170 valence electrons. The third-order valence-electron chi connectivity index (χ3n) is 7.20. The highest BCUT2D eigenvalue weighted by atomic mass is 14.1. The summed E-state index contributed by atoms with van der Waals surface area (Å²) in [5, 5.41) is 10.7. The van der Waals surface area contributed by atoms with Gasteiger partial charge < -0.3 is 0 Å². The van der Waals surface area contributed by atoms with Crippen molar-refractivity contribution in [3.8, 4) is 0 Å². The van der Waals surface area contributed by atoms with E-state index in [1.807, 2.05) is 6.08 Å². The van der Waals surface area contributed by atoms with E-state index in [9.17, 15) is 0 Å². The number of benzene rings is 8. The van der Waals surface area contributed by atoms with Gasteiger partial charge >= 0.3 is 0 Å². The molecule has 8 rings (SSSR count).